The fourth-order valence-corrected chi connectivity index (χ4v) is 3.02. The molecule has 21 heavy (non-hydrogen) atoms. The van der Waals surface area contributed by atoms with Crippen LogP contribution < -0.4 is 15.8 Å². The van der Waals surface area contributed by atoms with E-state index in [4.69, 9.17) is 10.5 Å². The van der Waals surface area contributed by atoms with Gasteiger partial charge in [-0.15, -0.1) is 0 Å². The number of benzene rings is 1. The van der Waals surface area contributed by atoms with Crippen LogP contribution in [0.5, 0.6) is 5.75 Å². The van der Waals surface area contributed by atoms with Crippen LogP contribution in [0.25, 0.3) is 5.52 Å². The molecule has 0 radical (unpaired) electrons. The number of nitrogen functional groups attached to an aromatic ring is 1. The molecule has 1 aromatic carbocycles. The monoisotopic (exact) mass is 281 g/mol. The normalized spacial score (nSPS) is 16.7. The molecule has 3 heterocycles. The van der Waals surface area contributed by atoms with Crippen LogP contribution in [0.3, 0.4) is 0 Å². The molecule has 0 saturated heterocycles. The van der Waals surface area contributed by atoms with E-state index in [0.717, 1.165) is 23.4 Å². The molecule has 106 valence electrons. The number of nitrogens with two attached hydrogens (primary N) is 1. The second-order valence-electron chi connectivity index (χ2n) is 5.08. The lowest BCUT2D eigenvalue weighted by atomic mass is 9.97. The minimum absolute atomic E-state index is 0.162. The molecule has 2 aromatic heterocycles. The van der Waals surface area contributed by atoms with Crippen molar-refractivity contribution in [1.29, 1.82) is 0 Å². The lowest BCUT2D eigenvalue weighted by Crippen LogP contribution is -2.09. The number of methoxy groups -OCH3 is 1. The summed E-state index contributed by atoms with van der Waals surface area (Å²) in [6.45, 7) is 0.806. The van der Waals surface area contributed by atoms with Gasteiger partial charge in [0.25, 0.3) is 0 Å². The Balaban J connectivity index is 1.96. The SMILES string of the molecule is COc1c(N)cn2ncnc(C3CNc4ccccc43)c12. The van der Waals surface area contributed by atoms with Crippen molar-refractivity contribution in [2.75, 3.05) is 24.7 Å². The van der Waals surface area contributed by atoms with Crippen molar-refractivity contribution in [3.63, 3.8) is 0 Å². The standard InChI is InChI=1S/C15H15N5O/c1-21-15-11(16)7-20-14(15)13(18-8-19-20)10-6-17-12-5-3-2-4-9(10)12/h2-5,7-8,10,17H,6,16H2,1H3. The van der Waals surface area contributed by atoms with Crippen molar-refractivity contribution in [3.8, 4) is 5.75 Å². The Kier molecular flexibility index (Phi) is 2.50. The minimum atomic E-state index is 0.162. The minimum Gasteiger partial charge on any atom is -0.492 e. The summed E-state index contributed by atoms with van der Waals surface area (Å²) in [6, 6.07) is 8.27. The predicted molar refractivity (Wildman–Crippen MR) is 80.7 cm³/mol. The van der Waals surface area contributed by atoms with Crippen LogP contribution in [0, 0.1) is 0 Å². The first-order chi connectivity index (χ1) is 10.3. The van der Waals surface area contributed by atoms with Gasteiger partial charge in [-0.25, -0.2) is 9.50 Å². The van der Waals surface area contributed by atoms with E-state index in [1.165, 1.54) is 5.56 Å². The second kappa shape index (κ2) is 4.37. The molecular weight excluding hydrogens is 266 g/mol. The molecule has 0 saturated carbocycles. The van der Waals surface area contributed by atoms with E-state index in [2.05, 4.69) is 27.5 Å². The van der Waals surface area contributed by atoms with Gasteiger partial charge in [0.1, 0.15) is 11.8 Å². The molecule has 1 aliphatic heterocycles. The highest BCUT2D eigenvalue weighted by Crippen LogP contribution is 2.40. The third kappa shape index (κ3) is 1.65. The Bertz CT molecular complexity index is 826. The highest BCUT2D eigenvalue weighted by Gasteiger charge is 2.28. The average Bonchev–Trinajstić information content (AvgIpc) is 3.06. The number of hydrogen-bond acceptors (Lipinski definition) is 5. The van der Waals surface area contributed by atoms with Gasteiger partial charge < -0.3 is 15.8 Å². The van der Waals surface area contributed by atoms with Gasteiger partial charge in [0.05, 0.1) is 24.7 Å². The van der Waals surface area contributed by atoms with Crippen molar-refractivity contribution in [2.45, 2.75) is 5.92 Å². The summed E-state index contributed by atoms with van der Waals surface area (Å²) < 4.78 is 7.17. The quantitative estimate of drug-likeness (QED) is 0.750. The zero-order chi connectivity index (χ0) is 14.4. The first-order valence-electron chi connectivity index (χ1n) is 6.78. The lowest BCUT2D eigenvalue weighted by molar-refractivity contribution is 0.421. The zero-order valence-corrected chi connectivity index (χ0v) is 11.6. The van der Waals surface area contributed by atoms with Crippen molar-refractivity contribution >= 4 is 16.9 Å². The maximum absolute atomic E-state index is 6.00. The van der Waals surface area contributed by atoms with E-state index in [-0.39, 0.29) is 5.92 Å². The Morgan fingerprint density at radius 2 is 2.24 bits per heavy atom. The fourth-order valence-electron chi connectivity index (χ4n) is 3.02. The fraction of sp³-hybridized carbons (Fsp3) is 0.200. The van der Waals surface area contributed by atoms with E-state index >= 15 is 0 Å². The Hall–Kier alpha value is -2.76. The summed E-state index contributed by atoms with van der Waals surface area (Å²) in [5, 5.41) is 7.64. The van der Waals surface area contributed by atoms with Gasteiger partial charge >= 0.3 is 0 Å². The van der Waals surface area contributed by atoms with E-state index in [1.54, 1.807) is 24.1 Å². The highest BCUT2D eigenvalue weighted by molar-refractivity contribution is 5.77. The van der Waals surface area contributed by atoms with Crippen molar-refractivity contribution in [1.82, 2.24) is 14.6 Å². The molecule has 1 aliphatic rings. The van der Waals surface area contributed by atoms with Crippen LogP contribution in [0.1, 0.15) is 17.2 Å². The number of fused-ring (bicyclic) bond motifs is 2. The number of nitrogens with zero attached hydrogens (tertiary/aromatic N) is 3. The number of ether oxygens (including phenoxy) is 1. The topological polar surface area (TPSA) is 77.5 Å². The maximum atomic E-state index is 6.00. The molecule has 1 atom stereocenters. The van der Waals surface area contributed by atoms with Crippen LogP contribution in [-0.4, -0.2) is 28.3 Å². The van der Waals surface area contributed by atoms with Crippen LogP contribution in [-0.2, 0) is 0 Å². The molecule has 6 heteroatoms. The molecular formula is C15H15N5O. The molecule has 4 rings (SSSR count). The summed E-state index contributed by atoms with van der Waals surface area (Å²) in [5.74, 6) is 0.796. The summed E-state index contributed by atoms with van der Waals surface area (Å²) >= 11 is 0. The lowest BCUT2D eigenvalue weighted by Gasteiger charge is -2.12. The van der Waals surface area contributed by atoms with Gasteiger partial charge in [-0.05, 0) is 11.6 Å². The third-order valence-corrected chi connectivity index (χ3v) is 3.95. The molecule has 0 spiro atoms. The summed E-state index contributed by atoms with van der Waals surface area (Å²) in [7, 11) is 1.61. The smallest absolute Gasteiger partial charge is 0.170 e. The Morgan fingerprint density at radius 1 is 1.38 bits per heavy atom. The molecule has 3 aromatic rings. The van der Waals surface area contributed by atoms with Gasteiger partial charge in [0.2, 0.25) is 0 Å². The Morgan fingerprint density at radius 3 is 3.10 bits per heavy atom. The van der Waals surface area contributed by atoms with Crippen LogP contribution in [0.15, 0.2) is 36.8 Å². The third-order valence-electron chi connectivity index (χ3n) is 3.95. The molecule has 0 amide bonds. The molecule has 0 bridgehead atoms. The summed E-state index contributed by atoms with van der Waals surface area (Å²) in [4.78, 5) is 4.50. The highest BCUT2D eigenvalue weighted by atomic mass is 16.5. The number of rotatable bonds is 2. The largest absolute Gasteiger partial charge is 0.492 e. The van der Waals surface area contributed by atoms with E-state index < -0.39 is 0 Å². The van der Waals surface area contributed by atoms with E-state index in [9.17, 15) is 0 Å². The average molecular weight is 281 g/mol. The number of nitrogens with one attached hydrogen (secondary N) is 1. The molecule has 6 nitrogen and oxygen atoms in total. The summed E-state index contributed by atoms with van der Waals surface area (Å²) in [6.07, 6.45) is 3.32. The second-order valence-corrected chi connectivity index (χ2v) is 5.08. The molecule has 0 aliphatic carbocycles. The predicted octanol–water partition coefficient (Wildman–Crippen LogP) is 1.88. The van der Waals surface area contributed by atoms with Crippen molar-refractivity contribution < 1.29 is 4.74 Å². The van der Waals surface area contributed by atoms with Crippen molar-refractivity contribution in [2.24, 2.45) is 0 Å². The molecule has 0 fully saturated rings. The Labute approximate surface area is 121 Å². The van der Waals surface area contributed by atoms with Crippen molar-refractivity contribution in [3.05, 3.63) is 48.0 Å². The van der Waals surface area contributed by atoms with Gasteiger partial charge in [-0.2, -0.15) is 5.10 Å². The first kappa shape index (κ1) is 12.0. The zero-order valence-electron chi connectivity index (χ0n) is 11.6. The number of aromatic nitrogens is 3. The summed E-state index contributed by atoms with van der Waals surface area (Å²) in [5.41, 5.74) is 10.7. The van der Waals surface area contributed by atoms with Crippen LogP contribution in [0.2, 0.25) is 0 Å². The number of anilines is 2. The first-order valence-corrected chi connectivity index (χ1v) is 6.78. The number of para-hydroxylation sites is 1. The number of hydrogen-bond donors (Lipinski definition) is 2. The van der Waals surface area contributed by atoms with Gasteiger partial charge in [-0.3, -0.25) is 0 Å². The van der Waals surface area contributed by atoms with Crippen LogP contribution in [0.4, 0.5) is 11.4 Å². The van der Waals surface area contributed by atoms with E-state index in [0.29, 0.717) is 11.4 Å². The molecule has 1 unspecified atom stereocenters. The van der Waals surface area contributed by atoms with Gasteiger partial charge in [-0.1, -0.05) is 18.2 Å². The van der Waals surface area contributed by atoms with Gasteiger partial charge in [0, 0.05) is 18.2 Å². The van der Waals surface area contributed by atoms with Gasteiger partial charge in [0.15, 0.2) is 5.75 Å². The van der Waals surface area contributed by atoms with Crippen LogP contribution >= 0.6 is 0 Å². The maximum Gasteiger partial charge on any atom is 0.170 e. The molecule has 3 N–H and O–H groups in total. The van der Waals surface area contributed by atoms with E-state index in [1.807, 2.05) is 12.1 Å².